The molecule has 0 aromatic carbocycles. The van der Waals surface area contributed by atoms with E-state index in [1.54, 1.807) is 69.0 Å². The first-order valence-electron chi connectivity index (χ1n) is 15.9. The molecule has 0 saturated heterocycles. The number of ketones is 1. The van der Waals surface area contributed by atoms with Crippen LogP contribution in [-0.4, -0.2) is 82.9 Å². The molecule has 0 bridgehead atoms. The molecule has 2 N–H and O–H groups in total. The summed E-state index contributed by atoms with van der Waals surface area (Å²) in [6.07, 6.45) is 12.0. The topological polar surface area (TPSA) is 231 Å². The molecule has 0 aliphatic rings. The Morgan fingerprint density at radius 1 is 0.821 bits per heavy atom. The van der Waals surface area contributed by atoms with Crippen LogP contribution in [0.5, 0.6) is 5.88 Å². The van der Waals surface area contributed by atoms with Crippen LogP contribution in [0, 0.1) is 0 Å². The van der Waals surface area contributed by atoms with Crippen LogP contribution >= 0.6 is 0 Å². The number of carboxylic acids is 1. The number of nitrogens with zero attached hydrogens (tertiary/aromatic N) is 7. The number of carboxylic acid groups (broad SMARTS) is 1. The second-order valence-corrected chi connectivity index (χ2v) is 12.3. The third-order valence-corrected chi connectivity index (χ3v) is 7.59. The van der Waals surface area contributed by atoms with Crippen LogP contribution in [0.3, 0.4) is 0 Å². The van der Waals surface area contributed by atoms with Gasteiger partial charge in [0, 0.05) is 92.5 Å². The van der Waals surface area contributed by atoms with E-state index in [1.165, 1.54) is 48.8 Å². The summed E-state index contributed by atoms with van der Waals surface area (Å²) in [5.74, 6) is -2.25. The van der Waals surface area contributed by atoms with Crippen LogP contribution < -0.4 is 9.74 Å². The average molecular weight is 799 g/mol. The van der Waals surface area contributed by atoms with E-state index in [4.69, 9.17) is 5.11 Å². The van der Waals surface area contributed by atoms with Crippen molar-refractivity contribution >= 4 is 27.8 Å². The molecule has 0 spiro atoms. The highest BCUT2D eigenvalue weighted by Crippen LogP contribution is 2.29. The zero-order valence-corrected chi connectivity index (χ0v) is 30.5. The summed E-state index contributed by atoms with van der Waals surface area (Å²) < 4.78 is 69.5. The van der Waals surface area contributed by atoms with Gasteiger partial charge in [-0.3, -0.25) is 44.1 Å². The molecule has 294 valence electrons. The number of aryl methyl sites for hydroxylation is 2. The van der Waals surface area contributed by atoms with Crippen molar-refractivity contribution in [2.75, 3.05) is 6.61 Å². The number of pyridine rings is 4. The lowest BCUT2D eigenvalue weighted by molar-refractivity contribution is -0.141. The fourth-order valence-corrected chi connectivity index (χ4v) is 4.44. The highest BCUT2D eigenvalue weighted by atomic mass is 32.2. The number of aromatic nitrogens is 8. The number of carbonyl (C=O) groups excluding carboxylic acids is 2. The van der Waals surface area contributed by atoms with E-state index in [-0.39, 0.29) is 29.0 Å². The first-order chi connectivity index (χ1) is 26.5. The predicted octanol–water partition coefficient (Wildman–Crippen LogP) is 4.48. The van der Waals surface area contributed by atoms with E-state index in [0.717, 1.165) is 22.0 Å². The molecule has 6 aromatic heterocycles. The largest absolute Gasteiger partial charge is 0.534 e. The fourth-order valence-electron chi connectivity index (χ4n) is 3.96. The van der Waals surface area contributed by atoms with Crippen molar-refractivity contribution < 1.29 is 50.0 Å². The van der Waals surface area contributed by atoms with Crippen molar-refractivity contribution in [3.63, 3.8) is 0 Å². The van der Waals surface area contributed by atoms with Crippen molar-refractivity contribution in [2.24, 2.45) is 14.1 Å². The first-order valence-corrected chi connectivity index (χ1v) is 17.3. The Morgan fingerprint density at radius 2 is 1.36 bits per heavy atom. The van der Waals surface area contributed by atoms with Crippen molar-refractivity contribution in [3.05, 3.63) is 132 Å². The summed E-state index contributed by atoms with van der Waals surface area (Å²) in [5.41, 5.74) is -2.42. The molecule has 0 aliphatic heterocycles. The standard InChI is InChI=1S/C10H8F3N3O3S.C10H11NO3.C9H9N3O.C6H5NO2/c1-16-9(19-20(17,18)10(11,12)13)5-8(15-16)7-3-2-4-14-6-7;1-2-14-10(13)6-9(12)8-4-3-5-11-7-8;1-12-9(13)5-8(11-12)7-3-2-4-10-6-7;8-6(9)5-2-1-3-7-4-5/h2-6H,1H3;3-5,7H,2,6H2,1H3;2-6,11H,1H3;1-4H,(H,8,9). The molecule has 6 rings (SSSR count). The normalized spacial score (nSPS) is 10.6. The Balaban J connectivity index is 0.000000208. The number of ether oxygens (including phenoxy) is 1. The van der Waals surface area contributed by atoms with Crippen molar-refractivity contribution in [2.45, 2.75) is 18.9 Å². The molecule has 0 atom stereocenters. The fraction of sp³-hybridized carbons (Fsp3) is 0.171. The number of aromatic carboxylic acids is 1. The van der Waals surface area contributed by atoms with Crippen molar-refractivity contribution in [1.29, 1.82) is 0 Å². The average Bonchev–Trinajstić information content (AvgIpc) is 3.72. The lowest BCUT2D eigenvalue weighted by Gasteiger charge is -2.08. The van der Waals surface area contributed by atoms with Gasteiger partial charge in [-0.05, 0) is 55.5 Å². The van der Waals surface area contributed by atoms with E-state index in [2.05, 4.69) is 39.1 Å². The van der Waals surface area contributed by atoms with Crippen LogP contribution in [0.2, 0.25) is 0 Å². The lowest BCUT2D eigenvalue weighted by Crippen LogP contribution is -2.28. The van der Waals surface area contributed by atoms with E-state index in [0.29, 0.717) is 17.7 Å². The molecule has 0 radical (unpaired) electrons. The van der Waals surface area contributed by atoms with Gasteiger partial charge in [-0.1, -0.05) is 0 Å². The van der Waals surface area contributed by atoms with Crippen molar-refractivity contribution in [1.82, 2.24) is 39.5 Å². The SMILES string of the molecule is CCOC(=O)CC(=O)c1cccnc1.Cn1[nH]c(-c2cccnc2)cc1=O.Cn1nc(-c2cccnc2)cc1OS(=O)(=O)C(F)(F)F.O=C(O)c1cccnc1. The molecule has 21 heteroatoms. The second-order valence-electron chi connectivity index (χ2n) is 10.7. The molecule has 56 heavy (non-hydrogen) atoms. The molecule has 0 fully saturated rings. The van der Waals surface area contributed by atoms with Crippen molar-refractivity contribution in [3.8, 4) is 28.4 Å². The Kier molecular flexibility index (Phi) is 15.8. The summed E-state index contributed by atoms with van der Waals surface area (Å²) >= 11 is 0. The molecule has 0 aliphatic carbocycles. The summed E-state index contributed by atoms with van der Waals surface area (Å²) in [6, 6.07) is 16.0. The molecule has 0 amide bonds. The molecule has 0 saturated carbocycles. The first kappa shape index (κ1) is 43.4. The van der Waals surface area contributed by atoms with E-state index in [1.807, 2.05) is 12.1 Å². The Hall–Kier alpha value is -7.03. The predicted molar refractivity (Wildman–Crippen MR) is 192 cm³/mol. The number of H-pyrrole nitrogens is 1. The minimum absolute atomic E-state index is 0.0427. The maximum Gasteiger partial charge on any atom is 0.534 e. The second kappa shape index (κ2) is 20.4. The summed E-state index contributed by atoms with van der Waals surface area (Å²) in [6.45, 7) is 1.99. The smallest absolute Gasteiger partial charge is 0.478 e. The van der Waals surface area contributed by atoms with Crippen LogP contribution in [0.25, 0.3) is 22.5 Å². The maximum atomic E-state index is 12.2. The quantitative estimate of drug-likeness (QED) is 0.0675. The number of carbonyl (C=O) groups is 3. The number of rotatable bonds is 9. The van der Waals surface area contributed by atoms with E-state index in [9.17, 15) is 40.8 Å². The number of halogens is 3. The number of nitrogens with one attached hydrogen (secondary N) is 1. The molecule has 17 nitrogen and oxygen atoms in total. The monoisotopic (exact) mass is 798 g/mol. The summed E-state index contributed by atoms with van der Waals surface area (Å²) in [4.78, 5) is 58.8. The van der Waals surface area contributed by atoms with Gasteiger partial charge in [0.15, 0.2) is 5.78 Å². The van der Waals surface area contributed by atoms with Crippen LogP contribution in [0.1, 0.15) is 34.1 Å². The molecule has 6 heterocycles. The molecule has 6 aromatic rings. The summed E-state index contributed by atoms with van der Waals surface area (Å²) in [7, 11) is -2.77. The van der Waals surface area contributed by atoms with Gasteiger partial charge in [0.1, 0.15) is 6.42 Å². The highest BCUT2D eigenvalue weighted by Gasteiger charge is 2.49. The van der Waals surface area contributed by atoms with Crippen LogP contribution in [-0.2, 0) is 33.7 Å². The van der Waals surface area contributed by atoms with Gasteiger partial charge in [-0.25, -0.2) is 9.48 Å². The number of hydrogen-bond donors (Lipinski definition) is 2. The molecular weight excluding hydrogens is 765 g/mol. The Morgan fingerprint density at radius 3 is 1.79 bits per heavy atom. The maximum absolute atomic E-state index is 12.2. The highest BCUT2D eigenvalue weighted by molar-refractivity contribution is 7.87. The third-order valence-electron chi connectivity index (χ3n) is 6.63. The van der Waals surface area contributed by atoms with Gasteiger partial charge in [0.2, 0.25) is 5.88 Å². The Labute approximate surface area is 316 Å². The lowest BCUT2D eigenvalue weighted by atomic mass is 10.1. The van der Waals surface area contributed by atoms with E-state index >= 15 is 0 Å². The van der Waals surface area contributed by atoms with Crippen LogP contribution in [0.4, 0.5) is 13.2 Å². The van der Waals surface area contributed by atoms with E-state index < -0.39 is 33.4 Å². The molecular formula is C35H33F3N8O9S. The van der Waals surface area contributed by atoms with Gasteiger partial charge >= 0.3 is 27.6 Å². The zero-order chi connectivity index (χ0) is 41.3. The Bertz CT molecular complexity index is 2340. The number of hydrogen-bond acceptors (Lipinski definition) is 13. The zero-order valence-electron chi connectivity index (χ0n) is 29.7. The minimum atomic E-state index is -5.72. The number of esters is 1. The van der Waals surface area contributed by atoms with Gasteiger partial charge in [0.05, 0.1) is 23.6 Å². The number of alkyl halides is 3. The minimum Gasteiger partial charge on any atom is -0.478 e. The van der Waals surface area contributed by atoms with Gasteiger partial charge in [-0.15, -0.1) is 0 Å². The number of aromatic amines is 1. The van der Waals surface area contributed by atoms with Gasteiger partial charge in [-0.2, -0.15) is 26.7 Å². The summed E-state index contributed by atoms with van der Waals surface area (Å²) in [5, 5.41) is 15.1. The van der Waals surface area contributed by atoms with Gasteiger partial charge in [0.25, 0.3) is 5.56 Å². The third kappa shape index (κ3) is 13.4. The van der Waals surface area contributed by atoms with Crippen LogP contribution in [0.15, 0.2) is 115 Å². The number of Topliss-reactive ketones (excluding diaryl/α,β-unsaturated/α-hetero) is 1. The van der Waals surface area contributed by atoms with Gasteiger partial charge < -0.3 is 14.0 Å². The molecule has 0 unspecified atom stereocenters.